The minimum atomic E-state index is 0.567. The molecule has 0 atom stereocenters. The second-order valence-electron chi connectivity index (χ2n) is 14.0. The summed E-state index contributed by atoms with van der Waals surface area (Å²) in [4.78, 5) is 15.7. The Morgan fingerprint density at radius 1 is 0.339 bits per heavy atom. The van der Waals surface area contributed by atoms with Gasteiger partial charge in [-0.25, -0.2) is 15.0 Å². The number of aromatic nitrogens is 4. The van der Waals surface area contributed by atoms with E-state index in [1.54, 1.807) is 0 Å². The summed E-state index contributed by atoms with van der Waals surface area (Å²) >= 11 is 0. The molecular weight excluding hydrogens is 685 g/mol. The number of para-hydroxylation sites is 3. The van der Waals surface area contributed by atoms with Crippen LogP contribution in [0.4, 0.5) is 0 Å². The standard InChI is InChI=1S/C51H32N4O/c1-3-15-33(16-4-1)35-19-13-20-36(29-35)49-52-50(37-21-14-22-39(30-37)55-44-26-10-7-23-40(44)41-24-8-11-27-45(41)55)54-51(53-49)38-31-43(34-17-5-2-6-18-34)48-42-25-9-12-28-46(42)56-47(48)32-38/h1-32H. The second-order valence-corrected chi connectivity index (χ2v) is 14.0. The van der Waals surface area contributed by atoms with Crippen LogP contribution < -0.4 is 0 Å². The summed E-state index contributed by atoms with van der Waals surface area (Å²) in [6.07, 6.45) is 0. The Morgan fingerprint density at radius 2 is 0.857 bits per heavy atom. The van der Waals surface area contributed by atoms with Gasteiger partial charge < -0.3 is 8.98 Å². The van der Waals surface area contributed by atoms with Crippen molar-refractivity contribution in [2.45, 2.75) is 0 Å². The Hall–Kier alpha value is -7.63. The van der Waals surface area contributed by atoms with E-state index in [0.29, 0.717) is 17.5 Å². The monoisotopic (exact) mass is 716 g/mol. The highest BCUT2D eigenvalue weighted by atomic mass is 16.3. The molecule has 0 fully saturated rings. The highest BCUT2D eigenvalue weighted by Gasteiger charge is 2.19. The van der Waals surface area contributed by atoms with E-state index < -0.39 is 0 Å². The Bertz CT molecular complexity index is 3200. The summed E-state index contributed by atoms with van der Waals surface area (Å²) in [7, 11) is 0. The number of hydrogen-bond donors (Lipinski definition) is 0. The van der Waals surface area contributed by atoms with Crippen molar-refractivity contribution in [3.63, 3.8) is 0 Å². The molecular formula is C51H32N4O. The zero-order valence-electron chi connectivity index (χ0n) is 30.2. The number of rotatable bonds is 6. The topological polar surface area (TPSA) is 56.7 Å². The molecule has 11 rings (SSSR count). The summed E-state index contributed by atoms with van der Waals surface area (Å²) < 4.78 is 8.85. The predicted molar refractivity (Wildman–Crippen MR) is 229 cm³/mol. The molecule has 0 bridgehead atoms. The summed E-state index contributed by atoms with van der Waals surface area (Å²) in [6, 6.07) is 67.4. The van der Waals surface area contributed by atoms with E-state index in [9.17, 15) is 0 Å². The molecule has 11 aromatic rings. The molecule has 0 N–H and O–H groups in total. The zero-order valence-corrected chi connectivity index (χ0v) is 30.2. The SMILES string of the molecule is c1ccc(-c2cccc(-c3nc(-c4cccc(-n5c6ccccc6c6ccccc65)c4)nc(-c4cc(-c5ccccc5)c5c(c4)oc4ccccc45)n3)c2)cc1. The largest absolute Gasteiger partial charge is 0.456 e. The third-order valence-electron chi connectivity index (χ3n) is 10.6. The van der Waals surface area contributed by atoms with E-state index in [1.807, 2.05) is 24.3 Å². The molecule has 0 aliphatic heterocycles. The fraction of sp³-hybridized carbons (Fsp3) is 0. The van der Waals surface area contributed by atoms with Gasteiger partial charge in [0.05, 0.1) is 11.0 Å². The number of benzene rings is 8. The number of nitrogens with zero attached hydrogens (tertiary/aromatic N) is 4. The van der Waals surface area contributed by atoms with Crippen LogP contribution in [0.3, 0.4) is 0 Å². The maximum Gasteiger partial charge on any atom is 0.164 e. The van der Waals surface area contributed by atoms with Crippen molar-refractivity contribution < 1.29 is 4.42 Å². The lowest BCUT2D eigenvalue weighted by Crippen LogP contribution is -2.01. The number of furan rings is 1. The summed E-state index contributed by atoms with van der Waals surface area (Å²) in [5, 5.41) is 4.57. The van der Waals surface area contributed by atoms with Gasteiger partial charge in [0.1, 0.15) is 11.2 Å². The van der Waals surface area contributed by atoms with E-state index >= 15 is 0 Å². The van der Waals surface area contributed by atoms with Crippen LogP contribution in [0.25, 0.3) is 106 Å². The molecule has 5 nitrogen and oxygen atoms in total. The van der Waals surface area contributed by atoms with Crippen molar-refractivity contribution in [1.82, 2.24) is 19.5 Å². The van der Waals surface area contributed by atoms with Crippen LogP contribution in [0.2, 0.25) is 0 Å². The molecule has 262 valence electrons. The van der Waals surface area contributed by atoms with E-state index in [0.717, 1.165) is 77.6 Å². The smallest absolute Gasteiger partial charge is 0.164 e. The molecule has 8 aromatic carbocycles. The first-order valence-electron chi connectivity index (χ1n) is 18.8. The molecule has 3 heterocycles. The van der Waals surface area contributed by atoms with Crippen LogP contribution in [-0.4, -0.2) is 19.5 Å². The molecule has 0 unspecified atom stereocenters. The maximum absolute atomic E-state index is 6.52. The lowest BCUT2D eigenvalue weighted by atomic mass is 9.97. The Kier molecular flexibility index (Phi) is 7.42. The molecule has 0 aliphatic carbocycles. The average molecular weight is 717 g/mol. The normalized spacial score (nSPS) is 11.6. The van der Waals surface area contributed by atoms with Gasteiger partial charge in [0.15, 0.2) is 17.5 Å². The van der Waals surface area contributed by atoms with Gasteiger partial charge in [0.2, 0.25) is 0 Å². The number of fused-ring (bicyclic) bond motifs is 6. The van der Waals surface area contributed by atoms with Gasteiger partial charge in [0.25, 0.3) is 0 Å². The fourth-order valence-corrected chi connectivity index (χ4v) is 8.05. The van der Waals surface area contributed by atoms with Crippen molar-refractivity contribution in [2.24, 2.45) is 0 Å². The van der Waals surface area contributed by atoms with Crippen LogP contribution in [0.1, 0.15) is 0 Å². The molecule has 0 saturated carbocycles. The van der Waals surface area contributed by atoms with Gasteiger partial charge in [-0.3, -0.25) is 0 Å². The molecule has 3 aromatic heterocycles. The van der Waals surface area contributed by atoms with Crippen molar-refractivity contribution in [3.05, 3.63) is 194 Å². The highest BCUT2D eigenvalue weighted by molar-refractivity contribution is 6.13. The summed E-state index contributed by atoms with van der Waals surface area (Å²) in [5.74, 6) is 1.75. The molecule has 5 heteroatoms. The van der Waals surface area contributed by atoms with Gasteiger partial charge in [-0.2, -0.15) is 0 Å². The molecule has 0 aliphatic rings. The molecule has 0 amide bonds. The Balaban J connectivity index is 1.14. The van der Waals surface area contributed by atoms with Gasteiger partial charge in [-0.05, 0) is 70.8 Å². The predicted octanol–water partition coefficient (Wildman–Crippen LogP) is 13.2. The van der Waals surface area contributed by atoms with Crippen LogP contribution in [-0.2, 0) is 0 Å². The number of hydrogen-bond acceptors (Lipinski definition) is 4. The van der Waals surface area contributed by atoms with Crippen molar-refractivity contribution in [2.75, 3.05) is 0 Å². The maximum atomic E-state index is 6.52. The Morgan fingerprint density at radius 3 is 1.55 bits per heavy atom. The lowest BCUT2D eigenvalue weighted by molar-refractivity contribution is 0.669. The molecule has 56 heavy (non-hydrogen) atoms. The molecule has 0 spiro atoms. The Labute approximate surface area is 322 Å². The fourth-order valence-electron chi connectivity index (χ4n) is 8.05. The quantitative estimate of drug-likeness (QED) is 0.172. The van der Waals surface area contributed by atoms with Crippen LogP contribution in [0.5, 0.6) is 0 Å². The van der Waals surface area contributed by atoms with Crippen molar-refractivity contribution in [1.29, 1.82) is 0 Å². The lowest BCUT2D eigenvalue weighted by Gasteiger charge is -2.13. The first-order chi connectivity index (χ1) is 27.7. The summed E-state index contributed by atoms with van der Waals surface area (Å²) in [6.45, 7) is 0. The van der Waals surface area contributed by atoms with E-state index in [2.05, 4.69) is 174 Å². The molecule has 0 saturated heterocycles. The van der Waals surface area contributed by atoms with E-state index in [4.69, 9.17) is 19.4 Å². The van der Waals surface area contributed by atoms with Crippen molar-refractivity contribution in [3.8, 4) is 62.1 Å². The molecule has 0 radical (unpaired) electrons. The first-order valence-corrected chi connectivity index (χ1v) is 18.8. The van der Waals surface area contributed by atoms with Gasteiger partial charge in [0, 0.05) is 43.9 Å². The van der Waals surface area contributed by atoms with E-state index in [1.165, 1.54) is 10.8 Å². The van der Waals surface area contributed by atoms with Crippen LogP contribution in [0.15, 0.2) is 199 Å². The zero-order chi connectivity index (χ0) is 37.0. The van der Waals surface area contributed by atoms with Gasteiger partial charge in [-0.1, -0.05) is 146 Å². The highest BCUT2D eigenvalue weighted by Crippen LogP contribution is 2.40. The second kappa shape index (κ2) is 13.0. The van der Waals surface area contributed by atoms with Gasteiger partial charge >= 0.3 is 0 Å². The van der Waals surface area contributed by atoms with Crippen molar-refractivity contribution >= 4 is 43.7 Å². The first kappa shape index (κ1) is 31.9. The third kappa shape index (κ3) is 5.37. The summed E-state index contributed by atoms with van der Waals surface area (Å²) in [5.41, 5.74) is 12.0. The van der Waals surface area contributed by atoms with Crippen LogP contribution in [0, 0.1) is 0 Å². The van der Waals surface area contributed by atoms with E-state index in [-0.39, 0.29) is 0 Å². The van der Waals surface area contributed by atoms with Gasteiger partial charge in [-0.15, -0.1) is 0 Å². The minimum absolute atomic E-state index is 0.567. The average Bonchev–Trinajstić information content (AvgIpc) is 3.83. The van der Waals surface area contributed by atoms with Crippen LogP contribution >= 0.6 is 0 Å². The third-order valence-corrected chi connectivity index (χ3v) is 10.6. The minimum Gasteiger partial charge on any atom is -0.456 e.